The number of piperidine rings is 1. The zero-order chi connectivity index (χ0) is 22.2. The summed E-state index contributed by atoms with van der Waals surface area (Å²) in [6.45, 7) is 8.74. The van der Waals surface area contributed by atoms with E-state index in [-0.39, 0.29) is 19.0 Å². The molecule has 0 N–H and O–H groups in total. The number of aryl methyl sites for hydroxylation is 1. The minimum Gasteiger partial charge on any atom is -0.466 e. The van der Waals surface area contributed by atoms with Gasteiger partial charge < -0.3 is 9.64 Å². The Kier molecular flexibility index (Phi) is 5.26. The summed E-state index contributed by atoms with van der Waals surface area (Å²) in [7, 11) is 0. The van der Waals surface area contributed by atoms with E-state index in [1.807, 2.05) is 0 Å². The van der Waals surface area contributed by atoms with Crippen molar-refractivity contribution in [3.63, 3.8) is 0 Å². The molecule has 3 aromatic heterocycles. The SMILES string of the molecule is C=Cc1ccc(OC2CN(C(=O)c3cccn4c(C)nnc34)CCC2(F)F)nc1C=C. The van der Waals surface area contributed by atoms with Crippen LogP contribution in [0.5, 0.6) is 5.88 Å². The highest BCUT2D eigenvalue weighted by molar-refractivity contribution is 5.99. The largest absolute Gasteiger partial charge is 0.466 e. The highest BCUT2D eigenvalue weighted by Crippen LogP contribution is 2.32. The van der Waals surface area contributed by atoms with Crippen LogP contribution in [-0.4, -0.2) is 55.5 Å². The summed E-state index contributed by atoms with van der Waals surface area (Å²) in [4.78, 5) is 18.7. The van der Waals surface area contributed by atoms with E-state index < -0.39 is 24.4 Å². The van der Waals surface area contributed by atoms with Crippen molar-refractivity contribution in [2.24, 2.45) is 0 Å². The molecule has 4 rings (SSSR count). The van der Waals surface area contributed by atoms with Crippen molar-refractivity contribution in [1.29, 1.82) is 0 Å². The Hall–Kier alpha value is -3.62. The molecule has 9 heteroatoms. The van der Waals surface area contributed by atoms with Gasteiger partial charge in [-0.15, -0.1) is 10.2 Å². The number of halogens is 2. The number of amides is 1. The average Bonchev–Trinajstić information content (AvgIpc) is 3.15. The van der Waals surface area contributed by atoms with Crippen LogP contribution in [0.2, 0.25) is 0 Å². The standard InChI is InChI=1S/C22H21F2N5O2/c1-4-15-8-9-19(25-17(15)5-2)31-18-13-28(12-10-22(18,23)24)21(30)16-7-6-11-29-14(3)26-27-20(16)29/h4-9,11,18H,1-2,10,12-13H2,3H3. The van der Waals surface area contributed by atoms with Gasteiger partial charge in [-0.2, -0.15) is 0 Å². The fourth-order valence-electron chi connectivity index (χ4n) is 3.56. The number of alkyl halides is 2. The lowest BCUT2D eigenvalue weighted by Gasteiger charge is -2.38. The quantitative estimate of drug-likeness (QED) is 0.624. The Balaban J connectivity index is 1.59. The van der Waals surface area contributed by atoms with E-state index in [1.165, 1.54) is 17.0 Å². The first-order chi connectivity index (χ1) is 14.8. The molecule has 31 heavy (non-hydrogen) atoms. The Morgan fingerprint density at radius 2 is 2.06 bits per heavy atom. The number of ether oxygens (including phenoxy) is 1. The molecule has 1 fully saturated rings. The molecule has 0 bridgehead atoms. The molecule has 0 spiro atoms. The summed E-state index contributed by atoms with van der Waals surface area (Å²) in [5.41, 5.74) is 1.88. The summed E-state index contributed by atoms with van der Waals surface area (Å²) in [5, 5.41) is 8.03. The number of nitrogens with zero attached hydrogens (tertiary/aromatic N) is 5. The second-order valence-electron chi connectivity index (χ2n) is 7.26. The topological polar surface area (TPSA) is 72.6 Å². The third-order valence-electron chi connectivity index (χ3n) is 5.30. The van der Waals surface area contributed by atoms with E-state index >= 15 is 0 Å². The highest BCUT2D eigenvalue weighted by atomic mass is 19.3. The second-order valence-corrected chi connectivity index (χ2v) is 7.26. The third kappa shape index (κ3) is 3.78. The van der Waals surface area contributed by atoms with E-state index in [2.05, 4.69) is 28.3 Å². The molecule has 1 amide bonds. The van der Waals surface area contributed by atoms with E-state index in [1.54, 1.807) is 41.8 Å². The molecule has 1 saturated heterocycles. The van der Waals surface area contributed by atoms with Crippen molar-refractivity contribution >= 4 is 23.7 Å². The molecule has 0 aromatic carbocycles. The van der Waals surface area contributed by atoms with E-state index in [0.29, 0.717) is 28.3 Å². The van der Waals surface area contributed by atoms with Crippen LogP contribution in [0.3, 0.4) is 0 Å². The zero-order valence-electron chi connectivity index (χ0n) is 17.0. The summed E-state index contributed by atoms with van der Waals surface area (Å²) in [6, 6.07) is 6.48. The fourth-order valence-corrected chi connectivity index (χ4v) is 3.56. The predicted octanol–water partition coefficient (Wildman–Crippen LogP) is 3.65. The number of hydrogen-bond acceptors (Lipinski definition) is 5. The second kappa shape index (κ2) is 7.90. The van der Waals surface area contributed by atoms with E-state index in [4.69, 9.17) is 4.74 Å². The molecule has 3 aromatic rings. The lowest BCUT2D eigenvalue weighted by molar-refractivity contribution is -0.131. The first-order valence-corrected chi connectivity index (χ1v) is 9.74. The normalized spacial score (nSPS) is 18.0. The number of likely N-dealkylation sites (tertiary alicyclic amines) is 1. The predicted molar refractivity (Wildman–Crippen MR) is 112 cm³/mol. The molecule has 0 saturated carbocycles. The van der Waals surface area contributed by atoms with Crippen LogP contribution in [0.1, 0.15) is 33.9 Å². The molecule has 160 valence electrons. The Labute approximate surface area is 177 Å². The van der Waals surface area contributed by atoms with Crippen LogP contribution in [-0.2, 0) is 0 Å². The van der Waals surface area contributed by atoms with Crippen LogP contribution in [0.4, 0.5) is 8.78 Å². The summed E-state index contributed by atoms with van der Waals surface area (Å²) in [6.07, 6.45) is 2.78. The van der Waals surface area contributed by atoms with Crippen molar-refractivity contribution in [2.75, 3.05) is 13.1 Å². The first-order valence-electron chi connectivity index (χ1n) is 9.74. The summed E-state index contributed by atoms with van der Waals surface area (Å²) >= 11 is 0. The fraction of sp³-hybridized carbons (Fsp3) is 0.273. The van der Waals surface area contributed by atoms with Gasteiger partial charge in [0.1, 0.15) is 5.82 Å². The van der Waals surface area contributed by atoms with Crippen LogP contribution in [0.25, 0.3) is 17.8 Å². The molecule has 0 aliphatic carbocycles. The summed E-state index contributed by atoms with van der Waals surface area (Å²) in [5.74, 6) is -2.84. The van der Waals surface area contributed by atoms with Gasteiger partial charge in [0.2, 0.25) is 5.88 Å². The van der Waals surface area contributed by atoms with Gasteiger partial charge in [0.15, 0.2) is 11.8 Å². The highest BCUT2D eigenvalue weighted by Gasteiger charge is 2.47. The lowest BCUT2D eigenvalue weighted by Crippen LogP contribution is -2.55. The Morgan fingerprint density at radius 1 is 1.26 bits per heavy atom. The van der Waals surface area contributed by atoms with Crippen molar-refractivity contribution < 1.29 is 18.3 Å². The van der Waals surface area contributed by atoms with Crippen molar-refractivity contribution in [2.45, 2.75) is 25.4 Å². The Morgan fingerprint density at radius 3 is 2.81 bits per heavy atom. The molecular formula is C22H21F2N5O2. The van der Waals surface area contributed by atoms with Crippen molar-refractivity contribution in [1.82, 2.24) is 24.5 Å². The molecule has 1 atom stereocenters. The molecular weight excluding hydrogens is 404 g/mol. The maximum absolute atomic E-state index is 14.6. The minimum atomic E-state index is -3.11. The number of fused-ring (bicyclic) bond motifs is 1. The first kappa shape index (κ1) is 20.6. The minimum absolute atomic E-state index is 0.0367. The number of pyridine rings is 2. The van der Waals surface area contributed by atoms with Gasteiger partial charge in [-0.3, -0.25) is 9.20 Å². The molecule has 1 aliphatic heterocycles. The zero-order valence-corrected chi connectivity index (χ0v) is 17.0. The third-order valence-corrected chi connectivity index (χ3v) is 5.30. The van der Waals surface area contributed by atoms with Crippen molar-refractivity contribution in [3.8, 4) is 5.88 Å². The monoisotopic (exact) mass is 425 g/mol. The molecule has 4 heterocycles. The summed E-state index contributed by atoms with van der Waals surface area (Å²) < 4.78 is 36.5. The van der Waals surface area contributed by atoms with Gasteiger partial charge in [0.05, 0.1) is 17.8 Å². The van der Waals surface area contributed by atoms with Gasteiger partial charge in [-0.1, -0.05) is 19.2 Å². The van der Waals surface area contributed by atoms with Gasteiger partial charge in [0, 0.05) is 25.2 Å². The van der Waals surface area contributed by atoms with Gasteiger partial charge >= 0.3 is 0 Å². The maximum atomic E-state index is 14.6. The van der Waals surface area contributed by atoms with Gasteiger partial charge in [-0.25, -0.2) is 13.8 Å². The average molecular weight is 425 g/mol. The number of carbonyl (C=O) groups is 1. The van der Waals surface area contributed by atoms with E-state index in [9.17, 15) is 13.6 Å². The molecule has 7 nitrogen and oxygen atoms in total. The number of carbonyl (C=O) groups excluding carboxylic acids is 1. The number of hydrogen-bond donors (Lipinski definition) is 0. The maximum Gasteiger partial charge on any atom is 0.287 e. The molecule has 1 unspecified atom stereocenters. The number of rotatable bonds is 5. The van der Waals surface area contributed by atoms with Crippen LogP contribution in [0, 0.1) is 6.92 Å². The lowest BCUT2D eigenvalue weighted by atomic mass is 10.0. The van der Waals surface area contributed by atoms with Crippen LogP contribution < -0.4 is 4.74 Å². The van der Waals surface area contributed by atoms with Crippen LogP contribution in [0.15, 0.2) is 43.6 Å². The van der Waals surface area contributed by atoms with Crippen LogP contribution >= 0.6 is 0 Å². The molecule has 0 radical (unpaired) electrons. The number of aromatic nitrogens is 4. The van der Waals surface area contributed by atoms with E-state index in [0.717, 1.165) is 0 Å². The smallest absolute Gasteiger partial charge is 0.287 e. The van der Waals surface area contributed by atoms with Gasteiger partial charge in [0.25, 0.3) is 11.8 Å². The Bertz CT molecular complexity index is 1170. The van der Waals surface area contributed by atoms with Crippen molar-refractivity contribution in [3.05, 3.63) is 66.3 Å². The van der Waals surface area contributed by atoms with Gasteiger partial charge in [-0.05, 0) is 36.8 Å². The molecule has 1 aliphatic rings.